The first-order valence-electron chi connectivity index (χ1n) is 8.29. The van der Waals surface area contributed by atoms with Crippen molar-refractivity contribution in [3.63, 3.8) is 0 Å². The van der Waals surface area contributed by atoms with Crippen molar-refractivity contribution in [1.82, 2.24) is 0 Å². The first-order valence-corrected chi connectivity index (χ1v) is 8.29. The van der Waals surface area contributed by atoms with E-state index in [2.05, 4.69) is 5.32 Å². The summed E-state index contributed by atoms with van der Waals surface area (Å²) in [5.41, 5.74) is -2.47. The van der Waals surface area contributed by atoms with Crippen LogP contribution in [0.15, 0.2) is 42.5 Å². The molecule has 0 aliphatic heterocycles. The molecule has 1 saturated carbocycles. The molecule has 2 N–H and O–H groups in total. The second-order valence-corrected chi connectivity index (χ2v) is 6.38. The molecule has 152 valence electrons. The lowest BCUT2D eigenvalue weighted by Crippen LogP contribution is -2.21. The van der Waals surface area contributed by atoms with E-state index in [1.54, 1.807) is 0 Å². The van der Waals surface area contributed by atoms with Crippen molar-refractivity contribution in [2.45, 2.75) is 18.6 Å². The number of rotatable bonds is 5. The number of benzene rings is 2. The van der Waals surface area contributed by atoms with E-state index >= 15 is 0 Å². The van der Waals surface area contributed by atoms with E-state index in [0.717, 1.165) is 18.2 Å². The zero-order valence-electron chi connectivity index (χ0n) is 14.5. The number of nitrogens with one attached hydrogen (secondary N) is 2. The fraction of sp³-hybridized carbons (Fsp3) is 0.222. The van der Waals surface area contributed by atoms with Gasteiger partial charge < -0.3 is 10.6 Å². The Kier molecular flexibility index (Phi) is 5.23. The Labute approximate surface area is 160 Å². The first-order chi connectivity index (χ1) is 13.6. The predicted molar refractivity (Wildman–Crippen MR) is 93.3 cm³/mol. The number of anilines is 2. The van der Waals surface area contributed by atoms with Crippen LogP contribution in [0, 0.1) is 21.8 Å². The van der Waals surface area contributed by atoms with Gasteiger partial charge in [0, 0.05) is 17.0 Å². The Morgan fingerprint density at radius 2 is 1.79 bits per heavy atom. The topological polar surface area (TPSA) is 101 Å². The summed E-state index contributed by atoms with van der Waals surface area (Å²) < 4.78 is 53.8. The van der Waals surface area contributed by atoms with Crippen molar-refractivity contribution in [2.75, 3.05) is 10.6 Å². The van der Waals surface area contributed by atoms with Crippen LogP contribution < -0.4 is 10.6 Å². The highest BCUT2D eigenvalue weighted by atomic mass is 19.4. The molecule has 1 aliphatic carbocycles. The Hall–Kier alpha value is -3.50. The molecule has 0 radical (unpaired) electrons. The molecule has 1 fully saturated rings. The van der Waals surface area contributed by atoms with E-state index in [0.29, 0.717) is 6.07 Å². The number of amides is 2. The summed E-state index contributed by atoms with van der Waals surface area (Å²) in [4.78, 5) is 34.0. The van der Waals surface area contributed by atoms with Gasteiger partial charge in [-0.1, -0.05) is 12.1 Å². The summed E-state index contributed by atoms with van der Waals surface area (Å²) in [6.07, 6.45) is -4.93. The highest BCUT2D eigenvalue weighted by Gasteiger charge is 2.53. The van der Waals surface area contributed by atoms with Gasteiger partial charge in [-0.05, 0) is 30.3 Å². The molecule has 3 rings (SSSR count). The number of nitro groups is 1. The van der Waals surface area contributed by atoms with Crippen molar-refractivity contribution >= 4 is 23.2 Å². The van der Waals surface area contributed by atoms with Crippen molar-refractivity contribution < 1.29 is 32.1 Å². The summed E-state index contributed by atoms with van der Waals surface area (Å²) >= 11 is 0. The second-order valence-electron chi connectivity index (χ2n) is 6.38. The van der Waals surface area contributed by atoms with Crippen LogP contribution in [0.25, 0.3) is 0 Å². The maximum atomic E-state index is 13.7. The Morgan fingerprint density at radius 1 is 1.10 bits per heavy atom. The molecule has 7 nitrogen and oxygen atoms in total. The van der Waals surface area contributed by atoms with E-state index in [9.17, 15) is 37.3 Å². The number of carbonyl (C=O) groups is 2. The fourth-order valence-electron chi connectivity index (χ4n) is 2.73. The maximum Gasteiger partial charge on any atom is 0.418 e. The minimum atomic E-state index is -4.88. The molecule has 1 aliphatic rings. The van der Waals surface area contributed by atoms with Crippen LogP contribution >= 0.6 is 0 Å². The predicted octanol–water partition coefficient (Wildman–Crippen LogP) is 3.70. The van der Waals surface area contributed by atoms with E-state index in [1.807, 2.05) is 5.32 Å². The SMILES string of the molecule is O=C(Nc1ccc(NC(=O)C2CC2[N+](=O)[O-])c(C(F)(F)F)c1)c1ccccc1F. The molecule has 2 aromatic rings. The lowest BCUT2D eigenvalue weighted by atomic mass is 10.1. The minimum Gasteiger partial charge on any atom is -0.325 e. The van der Waals surface area contributed by atoms with Gasteiger partial charge in [-0.25, -0.2) is 4.39 Å². The summed E-state index contributed by atoms with van der Waals surface area (Å²) in [6.45, 7) is 0. The summed E-state index contributed by atoms with van der Waals surface area (Å²) in [6, 6.07) is 6.46. The quantitative estimate of drug-likeness (QED) is 0.445. The van der Waals surface area contributed by atoms with E-state index in [1.165, 1.54) is 18.2 Å². The summed E-state index contributed by atoms with van der Waals surface area (Å²) in [5, 5.41) is 14.8. The molecule has 0 heterocycles. The average molecular weight is 411 g/mol. The van der Waals surface area contributed by atoms with Crippen LogP contribution in [0.1, 0.15) is 22.3 Å². The normalized spacial score (nSPS) is 18.1. The third-order valence-electron chi connectivity index (χ3n) is 4.32. The number of carbonyl (C=O) groups excluding carboxylic acids is 2. The van der Waals surface area contributed by atoms with Crippen LogP contribution in [0.2, 0.25) is 0 Å². The van der Waals surface area contributed by atoms with Gasteiger partial charge in [0.15, 0.2) is 0 Å². The van der Waals surface area contributed by atoms with Crippen LogP contribution in [0.3, 0.4) is 0 Å². The third kappa shape index (κ3) is 4.50. The van der Waals surface area contributed by atoms with E-state index in [4.69, 9.17) is 0 Å². The molecule has 0 bridgehead atoms. The zero-order chi connectivity index (χ0) is 21.3. The van der Waals surface area contributed by atoms with Crippen LogP contribution in [0.4, 0.5) is 28.9 Å². The van der Waals surface area contributed by atoms with Crippen molar-refractivity contribution in [3.8, 4) is 0 Å². The van der Waals surface area contributed by atoms with Gasteiger partial charge >= 0.3 is 6.18 Å². The van der Waals surface area contributed by atoms with Crippen molar-refractivity contribution in [3.05, 3.63) is 69.5 Å². The van der Waals surface area contributed by atoms with Crippen LogP contribution in [-0.4, -0.2) is 22.8 Å². The molecule has 0 spiro atoms. The molecular weight excluding hydrogens is 398 g/mol. The average Bonchev–Trinajstić information content (AvgIpc) is 3.43. The highest BCUT2D eigenvalue weighted by Crippen LogP contribution is 2.39. The Morgan fingerprint density at radius 3 is 2.38 bits per heavy atom. The van der Waals surface area contributed by atoms with Gasteiger partial charge in [-0.2, -0.15) is 13.2 Å². The number of halogens is 4. The summed E-state index contributed by atoms with van der Waals surface area (Å²) in [5.74, 6) is -3.67. The molecule has 2 atom stereocenters. The zero-order valence-corrected chi connectivity index (χ0v) is 14.5. The molecular formula is C18H13F4N3O4. The van der Waals surface area contributed by atoms with Crippen molar-refractivity contribution in [2.24, 2.45) is 5.92 Å². The number of nitrogens with zero attached hydrogens (tertiary/aromatic N) is 1. The monoisotopic (exact) mass is 411 g/mol. The first kappa shape index (κ1) is 20.2. The molecule has 0 saturated heterocycles. The second kappa shape index (κ2) is 7.49. The van der Waals surface area contributed by atoms with Gasteiger partial charge in [0.1, 0.15) is 11.7 Å². The van der Waals surface area contributed by atoms with Crippen LogP contribution in [0.5, 0.6) is 0 Å². The summed E-state index contributed by atoms with van der Waals surface area (Å²) in [7, 11) is 0. The molecule has 2 aromatic carbocycles. The van der Waals surface area contributed by atoms with E-state index < -0.39 is 51.9 Å². The van der Waals surface area contributed by atoms with Crippen molar-refractivity contribution in [1.29, 1.82) is 0 Å². The fourth-order valence-corrected chi connectivity index (χ4v) is 2.73. The van der Waals surface area contributed by atoms with Gasteiger partial charge in [-0.15, -0.1) is 0 Å². The van der Waals surface area contributed by atoms with Gasteiger partial charge in [0.2, 0.25) is 11.9 Å². The molecule has 11 heteroatoms. The van der Waals surface area contributed by atoms with E-state index in [-0.39, 0.29) is 17.7 Å². The Bertz CT molecular complexity index is 993. The number of hydrogen-bond acceptors (Lipinski definition) is 4. The van der Waals surface area contributed by atoms with Gasteiger partial charge in [0.05, 0.1) is 16.8 Å². The van der Waals surface area contributed by atoms with Gasteiger partial charge in [-0.3, -0.25) is 19.7 Å². The molecule has 2 amide bonds. The maximum absolute atomic E-state index is 13.7. The smallest absolute Gasteiger partial charge is 0.325 e. The molecule has 2 unspecified atom stereocenters. The van der Waals surface area contributed by atoms with Crippen LogP contribution in [-0.2, 0) is 11.0 Å². The third-order valence-corrected chi connectivity index (χ3v) is 4.32. The minimum absolute atomic E-state index is 0.0447. The largest absolute Gasteiger partial charge is 0.418 e. The molecule has 0 aromatic heterocycles. The number of alkyl halides is 3. The van der Waals surface area contributed by atoms with Gasteiger partial charge in [0.25, 0.3) is 5.91 Å². The molecule has 29 heavy (non-hydrogen) atoms. The standard InChI is InChI=1S/C18H13F4N3O4/c19-13-4-2-1-3-10(13)16(26)23-9-5-6-14(12(7-9)18(20,21)22)24-17(27)11-8-15(11)25(28)29/h1-7,11,15H,8H2,(H,23,26)(H,24,27). The lowest BCUT2D eigenvalue weighted by molar-refractivity contribution is -0.497. The highest BCUT2D eigenvalue weighted by molar-refractivity contribution is 6.04. The Balaban J connectivity index is 1.81. The lowest BCUT2D eigenvalue weighted by Gasteiger charge is -2.16. The number of hydrogen-bond donors (Lipinski definition) is 2.